The van der Waals surface area contributed by atoms with E-state index in [4.69, 9.17) is 9.84 Å². The first-order valence-electron chi connectivity index (χ1n) is 9.87. The van der Waals surface area contributed by atoms with Crippen LogP contribution in [-0.4, -0.2) is 53.2 Å². The average Bonchev–Trinajstić information content (AvgIpc) is 3.33. The van der Waals surface area contributed by atoms with Crippen LogP contribution in [0.3, 0.4) is 0 Å². The molecule has 0 saturated heterocycles. The fraction of sp³-hybridized carbons (Fsp3) is 0.391. The van der Waals surface area contributed by atoms with Gasteiger partial charge in [-0.2, -0.15) is 0 Å². The van der Waals surface area contributed by atoms with Gasteiger partial charge in [-0.25, -0.2) is 0 Å². The highest BCUT2D eigenvalue weighted by molar-refractivity contribution is 7.12. The van der Waals surface area contributed by atoms with Crippen LogP contribution in [0.25, 0.3) is 0 Å². The first kappa shape index (κ1) is 22.2. The lowest BCUT2D eigenvalue weighted by atomic mass is 9.85. The number of thiophene rings is 1. The van der Waals surface area contributed by atoms with Gasteiger partial charge in [0, 0.05) is 6.54 Å². The third kappa shape index (κ3) is 4.48. The van der Waals surface area contributed by atoms with Crippen molar-refractivity contribution in [3.63, 3.8) is 0 Å². The van der Waals surface area contributed by atoms with Crippen molar-refractivity contribution < 1.29 is 24.5 Å². The van der Waals surface area contributed by atoms with E-state index in [0.717, 1.165) is 11.1 Å². The number of carbonyl (C=O) groups excluding carboxylic acids is 2. The van der Waals surface area contributed by atoms with Gasteiger partial charge in [0.25, 0.3) is 5.91 Å². The summed E-state index contributed by atoms with van der Waals surface area (Å²) in [7, 11) is 0. The van der Waals surface area contributed by atoms with Crippen LogP contribution in [0.5, 0.6) is 0 Å². The second kappa shape index (κ2) is 9.12. The van der Waals surface area contributed by atoms with E-state index in [1.807, 2.05) is 24.3 Å². The highest BCUT2D eigenvalue weighted by atomic mass is 32.1. The van der Waals surface area contributed by atoms with Crippen molar-refractivity contribution in [3.05, 3.63) is 69.1 Å². The number of aliphatic hydroxyl groups is 2. The summed E-state index contributed by atoms with van der Waals surface area (Å²) in [6, 6.07) is 10.5. The molecular formula is C23H27NO5S. The van der Waals surface area contributed by atoms with Crippen molar-refractivity contribution in [3.8, 4) is 0 Å². The smallest absolute Gasteiger partial charge is 0.290 e. The number of amides is 1. The number of hydrogen-bond donors (Lipinski definition) is 2. The van der Waals surface area contributed by atoms with Gasteiger partial charge in [0.2, 0.25) is 5.78 Å². The summed E-state index contributed by atoms with van der Waals surface area (Å²) in [6.45, 7) is 6.77. The number of nitrogens with zero attached hydrogens (tertiary/aromatic N) is 1. The molecule has 1 aromatic heterocycles. The molecule has 1 atom stereocenters. The fourth-order valence-corrected chi connectivity index (χ4v) is 4.18. The van der Waals surface area contributed by atoms with Gasteiger partial charge >= 0.3 is 0 Å². The third-order valence-electron chi connectivity index (χ3n) is 5.10. The number of Topliss-reactive ketones (excluding diaryl/α,β-unsaturated/α-hetero) is 1. The molecule has 30 heavy (non-hydrogen) atoms. The van der Waals surface area contributed by atoms with Crippen molar-refractivity contribution in [2.75, 3.05) is 26.4 Å². The van der Waals surface area contributed by atoms with Crippen LogP contribution in [0.1, 0.15) is 47.6 Å². The Hall–Kier alpha value is -2.48. The number of aliphatic hydroxyl groups excluding tert-OH is 2. The van der Waals surface area contributed by atoms with E-state index < -0.39 is 17.7 Å². The molecule has 2 aromatic rings. The van der Waals surface area contributed by atoms with Crippen molar-refractivity contribution in [2.24, 2.45) is 0 Å². The lowest BCUT2D eigenvalue weighted by Gasteiger charge is -2.27. The molecule has 2 heterocycles. The van der Waals surface area contributed by atoms with Crippen molar-refractivity contribution >= 4 is 23.0 Å². The van der Waals surface area contributed by atoms with E-state index in [0.29, 0.717) is 4.88 Å². The molecule has 7 heteroatoms. The molecule has 0 aliphatic carbocycles. The summed E-state index contributed by atoms with van der Waals surface area (Å²) in [5, 5.41) is 21.3. The van der Waals surface area contributed by atoms with Crippen LogP contribution in [0.15, 0.2) is 53.1 Å². The maximum absolute atomic E-state index is 13.1. The largest absolute Gasteiger partial charge is 0.503 e. The molecule has 1 aromatic carbocycles. The van der Waals surface area contributed by atoms with Crippen LogP contribution in [-0.2, 0) is 14.9 Å². The third-order valence-corrected chi connectivity index (χ3v) is 5.97. The normalized spacial score (nSPS) is 17.1. The summed E-state index contributed by atoms with van der Waals surface area (Å²) < 4.78 is 5.32. The number of benzene rings is 1. The lowest BCUT2D eigenvalue weighted by molar-refractivity contribution is -0.130. The van der Waals surface area contributed by atoms with E-state index in [9.17, 15) is 14.7 Å². The zero-order valence-electron chi connectivity index (χ0n) is 17.4. The predicted molar refractivity (Wildman–Crippen MR) is 116 cm³/mol. The predicted octanol–water partition coefficient (Wildman–Crippen LogP) is 3.63. The van der Waals surface area contributed by atoms with Gasteiger partial charge in [-0.1, -0.05) is 51.1 Å². The van der Waals surface area contributed by atoms with E-state index in [2.05, 4.69) is 20.8 Å². The van der Waals surface area contributed by atoms with Crippen LogP contribution < -0.4 is 0 Å². The standard InChI is InChI=1S/C23H27NO5S/c1-23(2,3)16-8-6-15(7-9-16)19-18(20(26)17-5-4-14-30-17)21(27)22(28)24(19)10-12-29-13-11-25/h4-9,14,19,25,27H,10-13H2,1-3H3/t19-/m0/s1. The molecule has 0 saturated carbocycles. The summed E-state index contributed by atoms with van der Waals surface area (Å²) in [5.74, 6) is -1.45. The molecule has 3 rings (SSSR count). The quantitative estimate of drug-likeness (QED) is 0.494. The Morgan fingerprint density at radius 3 is 2.43 bits per heavy atom. The van der Waals surface area contributed by atoms with E-state index in [1.165, 1.54) is 16.2 Å². The Morgan fingerprint density at radius 2 is 1.87 bits per heavy atom. The number of carbonyl (C=O) groups is 2. The number of ketones is 1. The first-order chi connectivity index (χ1) is 14.3. The molecule has 0 bridgehead atoms. The Bertz CT molecular complexity index is 926. The van der Waals surface area contributed by atoms with Crippen LogP contribution >= 0.6 is 11.3 Å². The summed E-state index contributed by atoms with van der Waals surface area (Å²) in [4.78, 5) is 27.9. The van der Waals surface area contributed by atoms with Crippen molar-refractivity contribution in [1.29, 1.82) is 0 Å². The molecule has 6 nitrogen and oxygen atoms in total. The minimum absolute atomic E-state index is 0.0323. The van der Waals surface area contributed by atoms with Crippen LogP contribution in [0, 0.1) is 0 Å². The number of ether oxygens (including phenoxy) is 1. The summed E-state index contributed by atoms with van der Waals surface area (Å²) in [6.07, 6.45) is 0. The van der Waals surface area contributed by atoms with Gasteiger partial charge in [0.1, 0.15) is 0 Å². The average molecular weight is 430 g/mol. The van der Waals surface area contributed by atoms with E-state index in [-0.39, 0.29) is 43.1 Å². The molecular weight excluding hydrogens is 402 g/mol. The van der Waals surface area contributed by atoms with Crippen molar-refractivity contribution in [2.45, 2.75) is 32.2 Å². The second-order valence-corrected chi connectivity index (χ2v) is 9.13. The summed E-state index contributed by atoms with van der Waals surface area (Å²) >= 11 is 1.27. The molecule has 0 fully saturated rings. The Kier molecular flexibility index (Phi) is 6.75. The Balaban J connectivity index is 1.98. The molecule has 2 N–H and O–H groups in total. The molecule has 0 unspecified atom stereocenters. The van der Waals surface area contributed by atoms with Gasteiger partial charge in [-0.3, -0.25) is 9.59 Å². The maximum Gasteiger partial charge on any atom is 0.290 e. The van der Waals surface area contributed by atoms with Gasteiger partial charge in [0.15, 0.2) is 5.76 Å². The van der Waals surface area contributed by atoms with Gasteiger partial charge < -0.3 is 19.8 Å². The summed E-state index contributed by atoms with van der Waals surface area (Å²) in [5.41, 5.74) is 1.94. The Labute approximate surface area is 180 Å². The number of rotatable bonds is 8. The second-order valence-electron chi connectivity index (χ2n) is 8.18. The van der Waals surface area contributed by atoms with Crippen LogP contribution in [0.2, 0.25) is 0 Å². The first-order valence-corrected chi connectivity index (χ1v) is 10.7. The highest BCUT2D eigenvalue weighted by Gasteiger charge is 2.43. The SMILES string of the molecule is CC(C)(C)c1ccc([C@H]2C(C(=O)c3cccs3)=C(O)C(=O)N2CCOCCO)cc1. The lowest BCUT2D eigenvalue weighted by Crippen LogP contribution is -2.34. The zero-order chi connectivity index (χ0) is 21.9. The van der Waals surface area contributed by atoms with Gasteiger partial charge in [-0.15, -0.1) is 11.3 Å². The highest BCUT2D eigenvalue weighted by Crippen LogP contribution is 2.39. The maximum atomic E-state index is 13.1. The molecule has 160 valence electrons. The topological polar surface area (TPSA) is 87.1 Å². The minimum Gasteiger partial charge on any atom is -0.503 e. The van der Waals surface area contributed by atoms with E-state index in [1.54, 1.807) is 17.5 Å². The zero-order valence-corrected chi connectivity index (χ0v) is 18.2. The van der Waals surface area contributed by atoms with Crippen LogP contribution in [0.4, 0.5) is 0 Å². The Morgan fingerprint density at radius 1 is 1.17 bits per heavy atom. The molecule has 1 amide bonds. The molecule has 1 aliphatic heterocycles. The molecule has 1 aliphatic rings. The number of hydrogen-bond acceptors (Lipinski definition) is 6. The molecule has 0 spiro atoms. The monoisotopic (exact) mass is 429 g/mol. The van der Waals surface area contributed by atoms with Gasteiger partial charge in [-0.05, 0) is 28.0 Å². The van der Waals surface area contributed by atoms with Gasteiger partial charge in [0.05, 0.1) is 36.3 Å². The molecule has 0 radical (unpaired) electrons. The minimum atomic E-state index is -0.696. The van der Waals surface area contributed by atoms with Crippen molar-refractivity contribution in [1.82, 2.24) is 4.90 Å². The fourth-order valence-electron chi connectivity index (χ4n) is 3.50. The van der Waals surface area contributed by atoms with E-state index >= 15 is 0 Å².